The van der Waals surface area contributed by atoms with Gasteiger partial charge in [-0.1, -0.05) is 6.07 Å². The third kappa shape index (κ3) is 1.70. The molecule has 4 rings (SSSR count). The molecule has 3 aromatic rings. The second-order valence-electron chi connectivity index (χ2n) is 5.51. The number of halogens is 1. The molecular weight excluding hydrogens is 251 g/mol. The third-order valence-electron chi connectivity index (χ3n) is 3.99. The number of nitrogens with one attached hydrogen (secondary N) is 2. The minimum Gasteiger partial charge on any atom is -0.382 e. The molecule has 1 aliphatic rings. The molecule has 1 aliphatic heterocycles. The van der Waals surface area contributed by atoms with Gasteiger partial charge < -0.3 is 10.3 Å². The van der Waals surface area contributed by atoms with Crippen molar-refractivity contribution in [3.8, 4) is 11.1 Å². The van der Waals surface area contributed by atoms with Gasteiger partial charge in [-0.25, -0.2) is 4.39 Å². The van der Waals surface area contributed by atoms with Crippen LogP contribution >= 0.6 is 0 Å². The van der Waals surface area contributed by atoms with E-state index in [4.69, 9.17) is 0 Å². The Labute approximate surface area is 116 Å². The zero-order valence-electron chi connectivity index (χ0n) is 11.2. The van der Waals surface area contributed by atoms with Crippen molar-refractivity contribution in [2.24, 2.45) is 0 Å². The molecular formula is C17H15FN2. The first-order valence-electron chi connectivity index (χ1n) is 6.87. The van der Waals surface area contributed by atoms with Crippen LogP contribution < -0.4 is 5.32 Å². The van der Waals surface area contributed by atoms with Crippen LogP contribution in [0.3, 0.4) is 0 Å². The summed E-state index contributed by atoms with van der Waals surface area (Å²) in [6.45, 7) is 2.19. The average Bonchev–Trinajstić information content (AvgIpc) is 2.99. The fraction of sp³-hybridized carbons (Fsp3) is 0.176. The van der Waals surface area contributed by atoms with Crippen molar-refractivity contribution in [2.45, 2.75) is 19.4 Å². The first-order chi connectivity index (χ1) is 9.70. The number of aromatic amines is 1. The summed E-state index contributed by atoms with van der Waals surface area (Å²) < 4.78 is 13.2. The summed E-state index contributed by atoms with van der Waals surface area (Å²) in [7, 11) is 0. The highest BCUT2D eigenvalue weighted by Crippen LogP contribution is 2.34. The molecule has 2 aromatic carbocycles. The number of rotatable bonds is 1. The molecule has 20 heavy (non-hydrogen) atoms. The van der Waals surface area contributed by atoms with Crippen LogP contribution in [0.4, 0.5) is 10.1 Å². The smallest absolute Gasteiger partial charge is 0.125 e. The van der Waals surface area contributed by atoms with Gasteiger partial charge in [0.1, 0.15) is 5.82 Å². The number of benzene rings is 2. The maximum atomic E-state index is 13.2. The van der Waals surface area contributed by atoms with E-state index in [1.165, 1.54) is 28.9 Å². The SMILES string of the molecule is CC1Cc2cc(-c3c[nH]c4cc(F)ccc34)ccc2N1. The molecule has 0 spiro atoms. The molecule has 3 heteroatoms. The lowest BCUT2D eigenvalue weighted by atomic mass is 10.0. The molecule has 0 aliphatic carbocycles. The van der Waals surface area contributed by atoms with Gasteiger partial charge in [0.25, 0.3) is 0 Å². The van der Waals surface area contributed by atoms with Crippen molar-refractivity contribution < 1.29 is 4.39 Å². The van der Waals surface area contributed by atoms with Gasteiger partial charge in [0.2, 0.25) is 0 Å². The van der Waals surface area contributed by atoms with Gasteiger partial charge >= 0.3 is 0 Å². The summed E-state index contributed by atoms with van der Waals surface area (Å²) in [5.41, 5.74) is 5.73. The van der Waals surface area contributed by atoms with Crippen molar-refractivity contribution in [1.82, 2.24) is 4.98 Å². The molecule has 100 valence electrons. The molecule has 2 nitrogen and oxygen atoms in total. The highest BCUT2D eigenvalue weighted by molar-refractivity contribution is 5.96. The minimum absolute atomic E-state index is 0.210. The third-order valence-corrected chi connectivity index (χ3v) is 3.99. The summed E-state index contributed by atoms with van der Waals surface area (Å²) in [6, 6.07) is 11.9. The van der Waals surface area contributed by atoms with Gasteiger partial charge in [0.05, 0.1) is 0 Å². The molecule has 2 N–H and O–H groups in total. The lowest BCUT2D eigenvalue weighted by molar-refractivity contribution is 0.629. The van der Waals surface area contributed by atoms with Crippen molar-refractivity contribution in [1.29, 1.82) is 0 Å². The lowest BCUT2D eigenvalue weighted by Crippen LogP contribution is -2.08. The monoisotopic (exact) mass is 266 g/mol. The molecule has 0 fully saturated rings. The Balaban J connectivity index is 1.86. The number of hydrogen-bond acceptors (Lipinski definition) is 1. The van der Waals surface area contributed by atoms with E-state index in [2.05, 4.69) is 35.4 Å². The van der Waals surface area contributed by atoms with E-state index in [9.17, 15) is 4.39 Å². The zero-order chi connectivity index (χ0) is 13.7. The fourth-order valence-electron chi connectivity index (χ4n) is 3.05. The Morgan fingerprint density at radius 3 is 2.95 bits per heavy atom. The Hall–Kier alpha value is -2.29. The van der Waals surface area contributed by atoms with E-state index >= 15 is 0 Å². The van der Waals surface area contributed by atoms with Gasteiger partial charge in [0.15, 0.2) is 0 Å². The molecule has 0 amide bonds. The topological polar surface area (TPSA) is 27.8 Å². The van der Waals surface area contributed by atoms with Crippen LogP contribution in [-0.4, -0.2) is 11.0 Å². The summed E-state index contributed by atoms with van der Waals surface area (Å²) in [5, 5.41) is 4.52. The molecule has 0 saturated heterocycles. The zero-order valence-corrected chi connectivity index (χ0v) is 11.2. The molecule has 0 saturated carbocycles. The second-order valence-corrected chi connectivity index (χ2v) is 5.51. The summed E-state index contributed by atoms with van der Waals surface area (Å²) in [6.07, 6.45) is 3.01. The summed E-state index contributed by atoms with van der Waals surface area (Å²) in [5.74, 6) is -0.210. The van der Waals surface area contributed by atoms with Gasteiger partial charge in [-0.05, 0) is 54.8 Å². The van der Waals surface area contributed by atoms with E-state index in [0.717, 1.165) is 22.9 Å². The van der Waals surface area contributed by atoms with Crippen LogP contribution in [0.1, 0.15) is 12.5 Å². The van der Waals surface area contributed by atoms with Crippen molar-refractivity contribution in [2.75, 3.05) is 5.32 Å². The van der Waals surface area contributed by atoms with Crippen molar-refractivity contribution in [3.05, 3.63) is 54.0 Å². The maximum absolute atomic E-state index is 13.2. The van der Waals surface area contributed by atoms with Crippen LogP contribution in [0.2, 0.25) is 0 Å². The van der Waals surface area contributed by atoms with E-state index in [1.807, 2.05) is 12.3 Å². The van der Waals surface area contributed by atoms with E-state index in [-0.39, 0.29) is 5.82 Å². The van der Waals surface area contributed by atoms with E-state index < -0.39 is 0 Å². The molecule has 1 atom stereocenters. The Kier molecular flexibility index (Phi) is 2.36. The standard InChI is InChI=1S/C17H15FN2/c1-10-6-12-7-11(2-5-16(12)20-10)15-9-19-17-8-13(18)3-4-14(15)17/h2-5,7-10,19-20H,6H2,1H3. The van der Waals surface area contributed by atoms with E-state index in [1.54, 1.807) is 0 Å². The number of hydrogen-bond donors (Lipinski definition) is 2. The quantitative estimate of drug-likeness (QED) is 0.674. The van der Waals surface area contributed by atoms with Crippen LogP contribution in [0, 0.1) is 5.82 Å². The first-order valence-corrected chi connectivity index (χ1v) is 6.87. The normalized spacial score (nSPS) is 17.2. The number of H-pyrrole nitrogens is 1. The lowest BCUT2D eigenvalue weighted by Gasteiger charge is -2.04. The van der Waals surface area contributed by atoms with Gasteiger partial charge in [-0.15, -0.1) is 0 Å². The van der Waals surface area contributed by atoms with Crippen LogP contribution in [0.5, 0.6) is 0 Å². The number of fused-ring (bicyclic) bond motifs is 2. The van der Waals surface area contributed by atoms with Gasteiger partial charge in [0, 0.05) is 34.4 Å². The Morgan fingerprint density at radius 2 is 2.05 bits per heavy atom. The molecule has 0 radical (unpaired) electrons. The summed E-state index contributed by atoms with van der Waals surface area (Å²) >= 11 is 0. The largest absolute Gasteiger partial charge is 0.382 e. The van der Waals surface area contributed by atoms with E-state index in [0.29, 0.717) is 6.04 Å². The van der Waals surface area contributed by atoms with Crippen molar-refractivity contribution >= 4 is 16.6 Å². The maximum Gasteiger partial charge on any atom is 0.125 e. The van der Waals surface area contributed by atoms with Crippen molar-refractivity contribution in [3.63, 3.8) is 0 Å². The number of aromatic nitrogens is 1. The summed E-state index contributed by atoms with van der Waals surface area (Å²) in [4.78, 5) is 3.15. The molecule has 2 heterocycles. The average molecular weight is 266 g/mol. The fourth-order valence-corrected chi connectivity index (χ4v) is 3.05. The highest BCUT2D eigenvalue weighted by atomic mass is 19.1. The highest BCUT2D eigenvalue weighted by Gasteiger charge is 2.17. The second kappa shape index (κ2) is 4.10. The van der Waals surface area contributed by atoms with Gasteiger partial charge in [-0.2, -0.15) is 0 Å². The molecule has 0 bridgehead atoms. The molecule has 1 aromatic heterocycles. The number of anilines is 1. The van der Waals surface area contributed by atoms with Crippen LogP contribution in [-0.2, 0) is 6.42 Å². The van der Waals surface area contributed by atoms with Crippen LogP contribution in [0.15, 0.2) is 42.6 Å². The predicted octanol–water partition coefficient (Wildman–Crippen LogP) is 4.33. The Bertz CT molecular complexity index is 804. The van der Waals surface area contributed by atoms with Gasteiger partial charge in [-0.3, -0.25) is 0 Å². The van der Waals surface area contributed by atoms with Crippen LogP contribution in [0.25, 0.3) is 22.0 Å². The predicted molar refractivity (Wildman–Crippen MR) is 80.5 cm³/mol. The minimum atomic E-state index is -0.210. The Morgan fingerprint density at radius 1 is 1.15 bits per heavy atom. The molecule has 1 unspecified atom stereocenters. The first kappa shape index (κ1) is 11.5.